The standard InChI is InChI=1S/C16H20ClFN4O2S/c1-11-15(16(17)20-22(11)10-13(18)7-8-19)12-5-4-6-14(9-12)25(23,24)21(2)3/h4-7,9H,8,10,19H2,1-3H3/p+1. The summed E-state index contributed by atoms with van der Waals surface area (Å²) in [6, 6.07) is 6.44. The lowest BCUT2D eigenvalue weighted by Crippen LogP contribution is -2.49. The number of allylic oxidation sites excluding steroid dienone is 1. The number of halogens is 2. The average molecular weight is 388 g/mol. The van der Waals surface area contributed by atoms with E-state index in [-0.39, 0.29) is 22.4 Å². The van der Waals surface area contributed by atoms with E-state index in [1.54, 1.807) is 19.1 Å². The van der Waals surface area contributed by atoms with E-state index in [2.05, 4.69) is 10.8 Å². The molecule has 1 heterocycles. The van der Waals surface area contributed by atoms with Gasteiger partial charge in [-0.15, -0.1) is 0 Å². The SMILES string of the molecule is Cc1c(-c2cccc(S(=O)(=O)N(C)C)c2)c(Cl)nn1CC(F)=CC[NH3+]. The van der Waals surface area contributed by atoms with Crippen molar-refractivity contribution in [3.8, 4) is 11.1 Å². The molecule has 0 aliphatic rings. The lowest BCUT2D eigenvalue weighted by atomic mass is 10.1. The summed E-state index contributed by atoms with van der Waals surface area (Å²) in [6.07, 6.45) is 1.37. The van der Waals surface area contributed by atoms with E-state index < -0.39 is 10.0 Å². The molecule has 136 valence electrons. The maximum atomic E-state index is 13.8. The molecule has 0 spiro atoms. The Morgan fingerprint density at radius 2 is 2.12 bits per heavy atom. The third-order valence-corrected chi connectivity index (χ3v) is 5.81. The zero-order chi connectivity index (χ0) is 18.8. The van der Waals surface area contributed by atoms with Crippen LogP contribution in [0.3, 0.4) is 0 Å². The van der Waals surface area contributed by atoms with Gasteiger partial charge in [0.2, 0.25) is 10.0 Å². The summed E-state index contributed by atoms with van der Waals surface area (Å²) in [5, 5.41) is 4.35. The van der Waals surface area contributed by atoms with Gasteiger partial charge in [-0.25, -0.2) is 17.1 Å². The van der Waals surface area contributed by atoms with Gasteiger partial charge in [0.05, 0.1) is 18.0 Å². The molecule has 0 aliphatic carbocycles. The summed E-state index contributed by atoms with van der Waals surface area (Å²) in [5.41, 5.74) is 5.42. The molecule has 0 radical (unpaired) electrons. The van der Waals surface area contributed by atoms with Crippen molar-refractivity contribution in [3.63, 3.8) is 0 Å². The predicted molar refractivity (Wildman–Crippen MR) is 95.2 cm³/mol. The van der Waals surface area contributed by atoms with Gasteiger partial charge in [0, 0.05) is 31.4 Å². The number of nitrogens with zero attached hydrogens (tertiary/aromatic N) is 3. The van der Waals surface area contributed by atoms with E-state index in [9.17, 15) is 12.8 Å². The Kier molecular flexibility index (Phi) is 5.99. The largest absolute Gasteiger partial charge is 0.354 e. The quantitative estimate of drug-likeness (QED) is 0.821. The highest BCUT2D eigenvalue weighted by atomic mass is 35.5. The number of quaternary nitrogens is 1. The number of hydrogen-bond acceptors (Lipinski definition) is 3. The smallest absolute Gasteiger partial charge is 0.242 e. The van der Waals surface area contributed by atoms with E-state index in [1.165, 1.54) is 37.0 Å². The van der Waals surface area contributed by atoms with Gasteiger partial charge in [-0.3, -0.25) is 4.68 Å². The molecule has 0 saturated carbocycles. The fourth-order valence-electron chi connectivity index (χ4n) is 2.38. The fourth-order valence-corrected chi connectivity index (χ4v) is 3.66. The van der Waals surface area contributed by atoms with Gasteiger partial charge in [0.1, 0.15) is 5.83 Å². The summed E-state index contributed by atoms with van der Waals surface area (Å²) in [4.78, 5) is 0.154. The van der Waals surface area contributed by atoms with E-state index >= 15 is 0 Å². The van der Waals surface area contributed by atoms with E-state index in [4.69, 9.17) is 11.6 Å². The summed E-state index contributed by atoms with van der Waals surface area (Å²) >= 11 is 6.23. The van der Waals surface area contributed by atoms with Crippen LogP contribution in [0.15, 0.2) is 41.1 Å². The molecule has 1 aromatic carbocycles. The second-order valence-corrected chi connectivity index (χ2v) is 8.17. The Hall–Kier alpha value is -1.74. The molecule has 9 heteroatoms. The summed E-state index contributed by atoms with van der Waals surface area (Å²) in [7, 11) is -0.629. The van der Waals surface area contributed by atoms with Crippen LogP contribution in [0.4, 0.5) is 4.39 Å². The highest BCUT2D eigenvalue weighted by Gasteiger charge is 2.20. The first-order chi connectivity index (χ1) is 11.7. The van der Waals surface area contributed by atoms with Gasteiger partial charge in [0.25, 0.3) is 0 Å². The lowest BCUT2D eigenvalue weighted by molar-refractivity contribution is -0.353. The maximum absolute atomic E-state index is 13.8. The number of benzene rings is 1. The first kappa shape index (κ1) is 19.6. The number of sulfonamides is 1. The third kappa shape index (κ3) is 4.09. The minimum Gasteiger partial charge on any atom is -0.354 e. The second-order valence-electron chi connectivity index (χ2n) is 5.66. The minimum atomic E-state index is -3.57. The second kappa shape index (κ2) is 7.65. The van der Waals surface area contributed by atoms with Crippen molar-refractivity contribution < 1.29 is 18.5 Å². The van der Waals surface area contributed by atoms with Crippen molar-refractivity contribution in [2.45, 2.75) is 18.4 Å². The molecule has 2 aromatic rings. The molecule has 0 atom stereocenters. The first-order valence-electron chi connectivity index (χ1n) is 7.58. The maximum Gasteiger partial charge on any atom is 0.242 e. The van der Waals surface area contributed by atoms with Gasteiger partial charge < -0.3 is 5.73 Å². The van der Waals surface area contributed by atoms with Crippen LogP contribution in [0.25, 0.3) is 11.1 Å². The molecule has 0 aliphatic heterocycles. The molecule has 6 nitrogen and oxygen atoms in total. The predicted octanol–water partition coefficient (Wildman–Crippen LogP) is 1.86. The normalized spacial score (nSPS) is 12.8. The Balaban J connectivity index is 2.50. The Morgan fingerprint density at radius 3 is 2.72 bits per heavy atom. The van der Waals surface area contributed by atoms with Crippen molar-refractivity contribution in [2.75, 3.05) is 20.6 Å². The zero-order valence-corrected chi connectivity index (χ0v) is 15.9. The lowest BCUT2D eigenvalue weighted by Gasteiger charge is -2.12. The van der Waals surface area contributed by atoms with Crippen LogP contribution in [0.1, 0.15) is 5.69 Å². The highest BCUT2D eigenvalue weighted by molar-refractivity contribution is 7.89. The first-order valence-corrected chi connectivity index (χ1v) is 9.40. The zero-order valence-electron chi connectivity index (χ0n) is 14.3. The Bertz CT molecular complexity index is 907. The molecule has 0 saturated heterocycles. The topological polar surface area (TPSA) is 82.8 Å². The molecule has 25 heavy (non-hydrogen) atoms. The van der Waals surface area contributed by atoms with E-state index in [1.807, 2.05) is 0 Å². The number of rotatable bonds is 6. The highest BCUT2D eigenvalue weighted by Crippen LogP contribution is 2.32. The van der Waals surface area contributed by atoms with Crippen LogP contribution < -0.4 is 5.73 Å². The van der Waals surface area contributed by atoms with E-state index in [0.29, 0.717) is 23.4 Å². The van der Waals surface area contributed by atoms with Crippen molar-refractivity contribution in [1.82, 2.24) is 14.1 Å². The monoisotopic (exact) mass is 387 g/mol. The minimum absolute atomic E-state index is 0.0449. The number of aromatic nitrogens is 2. The molecule has 1 aromatic heterocycles. The molecule has 0 bridgehead atoms. The fraction of sp³-hybridized carbons (Fsp3) is 0.312. The summed E-state index contributed by atoms with van der Waals surface area (Å²) < 4.78 is 41.0. The average Bonchev–Trinajstić information content (AvgIpc) is 2.81. The third-order valence-electron chi connectivity index (χ3n) is 3.73. The van der Waals surface area contributed by atoms with Gasteiger partial charge in [-0.1, -0.05) is 23.7 Å². The molecule has 2 rings (SSSR count). The van der Waals surface area contributed by atoms with Crippen molar-refractivity contribution >= 4 is 21.6 Å². The molecular weight excluding hydrogens is 367 g/mol. The van der Waals surface area contributed by atoms with Crippen LogP contribution in [0.5, 0.6) is 0 Å². The van der Waals surface area contributed by atoms with Crippen LogP contribution in [-0.2, 0) is 16.6 Å². The van der Waals surface area contributed by atoms with Crippen LogP contribution in [-0.4, -0.2) is 43.1 Å². The van der Waals surface area contributed by atoms with Gasteiger partial charge in [-0.05, 0) is 24.6 Å². The molecule has 3 N–H and O–H groups in total. The van der Waals surface area contributed by atoms with Crippen LogP contribution in [0.2, 0.25) is 5.15 Å². The molecule has 0 unspecified atom stereocenters. The van der Waals surface area contributed by atoms with Crippen molar-refractivity contribution in [2.24, 2.45) is 0 Å². The Labute approximate surface area is 151 Å². The van der Waals surface area contributed by atoms with Crippen LogP contribution >= 0.6 is 11.6 Å². The van der Waals surface area contributed by atoms with Gasteiger partial charge in [-0.2, -0.15) is 5.10 Å². The summed E-state index contributed by atoms with van der Waals surface area (Å²) in [6.45, 7) is 2.06. The van der Waals surface area contributed by atoms with E-state index in [0.717, 1.165) is 4.31 Å². The van der Waals surface area contributed by atoms with Gasteiger partial charge >= 0.3 is 0 Å². The molecule has 0 fully saturated rings. The Morgan fingerprint density at radius 1 is 1.44 bits per heavy atom. The molecular formula is C16H21ClFN4O2S+. The van der Waals surface area contributed by atoms with Crippen LogP contribution in [0, 0.1) is 6.92 Å². The molecule has 0 amide bonds. The summed E-state index contributed by atoms with van der Waals surface area (Å²) in [5.74, 6) is -0.354. The van der Waals surface area contributed by atoms with Gasteiger partial charge in [0.15, 0.2) is 5.15 Å². The number of hydrogen-bond donors (Lipinski definition) is 1. The van der Waals surface area contributed by atoms with Crippen molar-refractivity contribution in [3.05, 3.63) is 47.0 Å². The van der Waals surface area contributed by atoms with Crippen molar-refractivity contribution in [1.29, 1.82) is 0 Å².